The highest BCUT2D eigenvalue weighted by molar-refractivity contribution is 5.70. The molecule has 0 radical (unpaired) electrons. The van der Waals surface area contributed by atoms with Crippen LogP contribution in [0.2, 0.25) is 0 Å². The lowest BCUT2D eigenvalue weighted by atomic mass is 9.93. The minimum Gasteiger partial charge on any atom is -0.481 e. The first-order valence-corrected chi connectivity index (χ1v) is 6.48. The normalized spacial score (nSPS) is 23.8. The van der Waals surface area contributed by atoms with E-state index in [-0.39, 0.29) is 12.6 Å². The Labute approximate surface area is 115 Å². The standard InChI is InChI=1S/C14H16F3NO2/c1-8-2-3-10(14(19)20)7-18(8)6-9-4-11(15)13(17)12(16)5-9/h4-5,8,10H,2-3,6-7H2,1H3,(H,19,20). The second-order valence-electron chi connectivity index (χ2n) is 5.26. The minimum absolute atomic E-state index is 0.127. The molecular formula is C14H16F3NO2. The lowest BCUT2D eigenvalue weighted by molar-refractivity contribution is -0.144. The Balaban J connectivity index is 2.13. The van der Waals surface area contributed by atoms with Gasteiger partial charge in [-0.05, 0) is 37.5 Å². The van der Waals surface area contributed by atoms with Gasteiger partial charge in [0.05, 0.1) is 5.92 Å². The van der Waals surface area contributed by atoms with E-state index in [0.717, 1.165) is 12.1 Å². The Kier molecular flexibility index (Phi) is 4.32. The van der Waals surface area contributed by atoms with Crippen LogP contribution in [0, 0.1) is 23.4 Å². The van der Waals surface area contributed by atoms with Crippen LogP contribution in [0.3, 0.4) is 0 Å². The third kappa shape index (κ3) is 3.12. The van der Waals surface area contributed by atoms with Gasteiger partial charge in [-0.15, -0.1) is 0 Å². The maximum atomic E-state index is 13.2. The van der Waals surface area contributed by atoms with Crippen LogP contribution in [0.1, 0.15) is 25.3 Å². The summed E-state index contributed by atoms with van der Waals surface area (Å²) in [6.45, 7) is 2.48. The number of rotatable bonds is 3. The van der Waals surface area contributed by atoms with Gasteiger partial charge in [-0.2, -0.15) is 0 Å². The zero-order valence-electron chi connectivity index (χ0n) is 11.1. The molecule has 2 atom stereocenters. The number of benzene rings is 1. The number of carboxylic acids is 1. The van der Waals surface area contributed by atoms with Gasteiger partial charge in [0.15, 0.2) is 17.5 Å². The zero-order valence-corrected chi connectivity index (χ0v) is 11.1. The molecule has 2 rings (SSSR count). The van der Waals surface area contributed by atoms with Crippen molar-refractivity contribution in [3.8, 4) is 0 Å². The van der Waals surface area contributed by atoms with Gasteiger partial charge in [0.1, 0.15) is 0 Å². The molecule has 0 saturated carbocycles. The first-order valence-electron chi connectivity index (χ1n) is 6.48. The van der Waals surface area contributed by atoms with E-state index < -0.39 is 29.3 Å². The van der Waals surface area contributed by atoms with Gasteiger partial charge in [-0.3, -0.25) is 9.69 Å². The quantitative estimate of drug-likeness (QED) is 0.869. The molecule has 0 spiro atoms. The van der Waals surface area contributed by atoms with Crippen LogP contribution < -0.4 is 0 Å². The molecule has 20 heavy (non-hydrogen) atoms. The van der Waals surface area contributed by atoms with Gasteiger partial charge in [0.25, 0.3) is 0 Å². The van der Waals surface area contributed by atoms with E-state index in [1.807, 2.05) is 11.8 Å². The summed E-state index contributed by atoms with van der Waals surface area (Å²) < 4.78 is 39.2. The number of hydrogen-bond donors (Lipinski definition) is 1. The van der Waals surface area contributed by atoms with E-state index >= 15 is 0 Å². The fourth-order valence-corrected chi connectivity index (χ4v) is 2.54. The molecule has 0 aromatic heterocycles. The summed E-state index contributed by atoms with van der Waals surface area (Å²) >= 11 is 0. The number of halogens is 3. The molecule has 6 heteroatoms. The third-order valence-electron chi connectivity index (χ3n) is 3.79. The summed E-state index contributed by atoms with van der Waals surface area (Å²) in [6.07, 6.45) is 1.31. The molecule has 1 saturated heterocycles. The maximum Gasteiger partial charge on any atom is 0.307 e. The molecule has 1 fully saturated rings. The third-order valence-corrected chi connectivity index (χ3v) is 3.79. The second-order valence-corrected chi connectivity index (χ2v) is 5.26. The molecule has 1 aromatic carbocycles. The van der Waals surface area contributed by atoms with E-state index in [2.05, 4.69) is 0 Å². The van der Waals surface area contributed by atoms with Gasteiger partial charge < -0.3 is 5.11 Å². The smallest absolute Gasteiger partial charge is 0.307 e. The second kappa shape index (κ2) is 5.83. The van der Waals surface area contributed by atoms with E-state index in [1.165, 1.54) is 0 Å². The summed E-state index contributed by atoms with van der Waals surface area (Å²) in [4.78, 5) is 12.9. The number of aliphatic carboxylic acids is 1. The molecule has 3 nitrogen and oxygen atoms in total. The molecule has 1 heterocycles. The summed E-state index contributed by atoms with van der Waals surface area (Å²) in [6, 6.07) is 2.03. The molecule has 1 aromatic rings. The van der Waals surface area contributed by atoms with Crippen molar-refractivity contribution < 1.29 is 23.1 Å². The summed E-state index contributed by atoms with van der Waals surface area (Å²) in [7, 11) is 0. The highest BCUT2D eigenvalue weighted by atomic mass is 19.2. The van der Waals surface area contributed by atoms with Gasteiger partial charge in [-0.1, -0.05) is 0 Å². The molecule has 1 N–H and O–H groups in total. The molecule has 110 valence electrons. The Morgan fingerprint density at radius 3 is 2.45 bits per heavy atom. The summed E-state index contributed by atoms with van der Waals surface area (Å²) in [5.41, 5.74) is 0.305. The van der Waals surface area contributed by atoms with Crippen molar-refractivity contribution in [2.45, 2.75) is 32.4 Å². The fraction of sp³-hybridized carbons (Fsp3) is 0.500. The van der Waals surface area contributed by atoms with Crippen LogP contribution in [-0.2, 0) is 11.3 Å². The average Bonchev–Trinajstić information content (AvgIpc) is 2.38. The van der Waals surface area contributed by atoms with Crippen LogP contribution in [0.4, 0.5) is 13.2 Å². The maximum absolute atomic E-state index is 13.2. The predicted octanol–water partition coefficient (Wildman–Crippen LogP) is 2.79. The first kappa shape index (κ1) is 14.8. The fourth-order valence-electron chi connectivity index (χ4n) is 2.54. The highest BCUT2D eigenvalue weighted by Gasteiger charge is 2.29. The van der Waals surface area contributed by atoms with Crippen LogP contribution in [0.5, 0.6) is 0 Å². The van der Waals surface area contributed by atoms with Gasteiger partial charge in [-0.25, -0.2) is 13.2 Å². The van der Waals surface area contributed by atoms with Crippen molar-refractivity contribution in [1.82, 2.24) is 4.90 Å². The van der Waals surface area contributed by atoms with Crippen molar-refractivity contribution in [1.29, 1.82) is 0 Å². The Morgan fingerprint density at radius 1 is 1.30 bits per heavy atom. The Hall–Kier alpha value is -1.56. The van der Waals surface area contributed by atoms with Crippen molar-refractivity contribution in [3.63, 3.8) is 0 Å². The first-order chi connectivity index (χ1) is 9.38. The van der Waals surface area contributed by atoms with Crippen molar-refractivity contribution >= 4 is 5.97 Å². The number of carbonyl (C=O) groups is 1. The summed E-state index contributed by atoms with van der Waals surface area (Å²) in [5, 5.41) is 9.04. The average molecular weight is 287 g/mol. The summed E-state index contributed by atoms with van der Waals surface area (Å²) in [5.74, 6) is -5.26. The SMILES string of the molecule is CC1CCC(C(=O)O)CN1Cc1cc(F)c(F)c(F)c1. The van der Waals surface area contributed by atoms with E-state index in [1.54, 1.807) is 0 Å². The molecular weight excluding hydrogens is 271 g/mol. The largest absolute Gasteiger partial charge is 0.481 e. The van der Waals surface area contributed by atoms with E-state index in [4.69, 9.17) is 5.11 Å². The number of piperidine rings is 1. The highest BCUT2D eigenvalue weighted by Crippen LogP contribution is 2.24. The Morgan fingerprint density at radius 2 is 1.90 bits per heavy atom. The molecule has 1 aliphatic heterocycles. The van der Waals surface area contributed by atoms with Crippen molar-refractivity contribution in [3.05, 3.63) is 35.1 Å². The zero-order chi connectivity index (χ0) is 14.9. The van der Waals surface area contributed by atoms with Gasteiger partial charge >= 0.3 is 5.97 Å². The minimum atomic E-state index is -1.48. The van der Waals surface area contributed by atoms with E-state index in [9.17, 15) is 18.0 Å². The topological polar surface area (TPSA) is 40.5 Å². The molecule has 1 aliphatic rings. The molecule has 2 unspecified atom stereocenters. The Bertz CT molecular complexity index is 498. The van der Waals surface area contributed by atoms with Crippen LogP contribution in [0.15, 0.2) is 12.1 Å². The predicted molar refractivity (Wildman–Crippen MR) is 66.5 cm³/mol. The lowest BCUT2D eigenvalue weighted by Gasteiger charge is -2.36. The molecule has 0 amide bonds. The van der Waals surface area contributed by atoms with Crippen molar-refractivity contribution in [2.75, 3.05) is 6.54 Å². The van der Waals surface area contributed by atoms with Gasteiger partial charge in [0.2, 0.25) is 0 Å². The lowest BCUT2D eigenvalue weighted by Crippen LogP contribution is -2.43. The number of carboxylic acid groups (broad SMARTS) is 1. The number of nitrogens with zero attached hydrogens (tertiary/aromatic N) is 1. The number of likely N-dealkylation sites (tertiary alicyclic amines) is 1. The van der Waals surface area contributed by atoms with Crippen LogP contribution in [-0.4, -0.2) is 28.6 Å². The monoisotopic (exact) mass is 287 g/mol. The number of hydrogen-bond acceptors (Lipinski definition) is 2. The van der Waals surface area contributed by atoms with Crippen LogP contribution in [0.25, 0.3) is 0 Å². The van der Waals surface area contributed by atoms with Crippen LogP contribution >= 0.6 is 0 Å². The van der Waals surface area contributed by atoms with Crippen molar-refractivity contribution in [2.24, 2.45) is 5.92 Å². The molecule has 0 bridgehead atoms. The molecule has 0 aliphatic carbocycles. The van der Waals surface area contributed by atoms with E-state index in [0.29, 0.717) is 24.9 Å². The van der Waals surface area contributed by atoms with Gasteiger partial charge in [0, 0.05) is 19.1 Å².